The number of hydrogen-bond donors (Lipinski definition) is 0. The summed E-state index contributed by atoms with van der Waals surface area (Å²) in [6, 6.07) is 15.0. The highest BCUT2D eigenvalue weighted by molar-refractivity contribution is 6.00. The highest BCUT2D eigenvalue weighted by Gasteiger charge is 2.21. The lowest BCUT2D eigenvalue weighted by atomic mass is 10.2. The molecule has 1 amide bonds. The molecule has 2 aromatic carbocycles. The number of para-hydroxylation sites is 1. The SMILES string of the molecule is C=CCOc1ccc(C(=O)OCC(=O)N(CC(=O)OCC)c2ccccc2)cc1. The quantitative estimate of drug-likeness (QED) is 0.453. The number of carbonyl (C=O) groups is 3. The summed E-state index contributed by atoms with van der Waals surface area (Å²) in [5.74, 6) is -1.16. The summed E-state index contributed by atoms with van der Waals surface area (Å²) in [7, 11) is 0. The Morgan fingerprint density at radius 1 is 1.00 bits per heavy atom. The molecule has 0 spiro atoms. The first-order chi connectivity index (χ1) is 14.0. The molecule has 0 bridgehead atoms. The molecule has 0 heterocycles. The van der Waals surface area contributed by atoms with Crippen molar-refractivity contribution < 1.29 is 28.6 Å². The molecule has 2 aromatic rings. The van der Waals surface area contributed by atoms with Gasteiger partial charge in [-0.25, -0.2) is 4.79 Å². The van der Waals surface area contributed by atoms with E-state index in [-0.39, 0.29) is 18.7 Å². The third-order valence-electron chi connectivity index (χ3n) is 3.75. The number of rotatable bonds is 10. The van der Waals surface area contributed by atoms with Crippen LogP contribution in [0.4, 0.5) is 5.69 Å². The molecule has 0 unspecified atom stereocenters. The number of carbonyl (C=O) groups excluding carboxylic acids is 3. The second kappa shape index (κ2) is 11.3. The third-order valence-corrected chi connectivity index (χ3v) is 3.75. The van der Waals surface area contributed by atoms with Gasteiger partial charge in [0.15, 0.2) is 6.61 Å². The van der Waals surface area contributed by atoms with Gasteiger partial charge in [0.05, 0.1) is 12.2 Å². The minimum atomic E-state index is -0.655. The molecule has 0 aliphatic heterocycles. The minimum Gasteiger partial charge on any atom is -0.490 e. The first-order valence-electron chi connectivity index (χ1n) is 9.07. The summed E-state index contributed by atoms with van der Waals surface area (Å²) in [6.07, 6.45) is 1.61. The summed E-state index contributed by atoms with van der Waals surface area (Å²) in [5, 5.41) is 0. The van der Waals surface area contributed by atoms with E-state index in [0.717, 1.165) is 0 Å². The molecule has 0 aliphatic carbocycles. The Labute approximate surface area is 169 Å². The molecule has 0 saturated heterocycles. The third kappa shape index (κ3) is 6.80. The second-order valence-electron chi connectivity index (χ2n) is 5.82. The predicted molar refractivity (Wildman–Crippen MR) is 108 cm³/mol. The molecule has 2 rings (SSSR count). The first kappa shape index (κ1) is 21.7. The smallest absolute Gasteiger partial charge is 0.338 e. The van der Waals surface area contributed by atoms with Crippen LogP contribution in [0.5, 0.6) is 5.75 Å². The summed E-state index contributed by atoms with van der Waals surface area (Å²) in [4.78, 5) is 37.9. The maximum atomic E-state index is 12.6. The number of nitrogens with zero attached hydrogens (tertiary/aromatic N) is 1. The molecule has 0 aliphatic rings. The van der Waals surface area contributed by atoms with Crippen LogP contribution in [-0.4, -0.2) is 44.2 Å². The average molecular weight is 397 g/mol. The van der Waals surface area contributed by atoms with Gasteiger partial charge >= 0.3 is 11.9 Å². The van der Waals surface area contributed by atoms with E-state index in [1.165, 1.54) is 4.90 Å². The van der Waals surface area contributed by atoms with Gasteiger partial charge in [0.1, 0.15) is 18.9 Å². The Kier molecular flexibility index (Phi) is 8.44. The molecule has 152 valence electrons. The van der Waals surface area contributed by atoms with Gasteiger partial charge < -0.3 is 14.2 Å². The fourth-order valence-electron chi connectivity index (χ4n) is 2.40. The van der Waals surface area contributed by atoms with E-state index >= 15 is 0 Å². The second-order valence-corrected chi connectivity index (χ2v) is 5.82. The van der Waals surface area contributed by atoms with Crippen molar-refractivity contribution in [1.82, 2.24) is 0 Å². The van der Waals surface area contributed by atoms with E-state index in [9.17, 15) is 14.4 Å². The topological polar surface area (TPSA) is 82.1 Å². The summed E-state index contributed by atoms with van der Waals surface area (Å²) < 4.78 is 15.4. The number of amides is 1. The maximum Gasteiger partial charge on any atom is 0.338 e. The van der Waals surface area contributed by atoms with Crippen molar-refractivity contribution in [2.45, 2.75) is 6.92 Å². The van der Waals surface area contributed by atoms with E-state index in [2.05, 4.69) is 6.58 Å². The van der Waals surface area contributed by atoms with Gasteiger partial charge in [-0.1, -0.05) is 30.9 Å². The monoisotopic (exact) mass is 397 g/mol. The van der Waals surface area contributed by atoms with E-state index in [1.807, 2.05) is 0 Å². The molecule has 0 fully saturated rings. The van der Waals surface area contributed by atoms with Gasteiger partial charge in [0, 0.05) is 5.69 Å². The zero-order chi connectivity index (χ0) is 21.1. The molecular formula is C22H23NO6. The number of benzene rings is 2. The maximum absolute atomic E-state index is 12.6. The van der Waals surface area contributed by atoms with Gasteiger partial charge in [0.25, 0.3) is 5.91 Å². The van der Waals surface area contributed by atoms with Gasteiger partial charge in [-0.05, 0) is 43.3 Å². The summed E-state index contributed by atoms with van der Waals surface area (Å²) in [6.45, 7) is 5.02. The Morgan fingerprint density at radius 3 is 2.31 bits per heavy atom. The van der Waals surface area contributed by atoms with Crippen molar-refractivity contribution in [1.29, 1.82) is 0 Å². The standard InChI is InChI=1S/C22H23NO6/c1-3-14-28-19-12-10-17(11-13-19)22(26)29-16-20(24)23(15-21(25)27-4-2)18-8-6-5-7-9-18/h3,5-13H,1,4,14-16H2,2H3. The van der Waals surface area contributed by atoms with E-state index in [1.54, 1.807) is 67.6 Å². The zero-order valence-corrected chi connectivity index (χ0v) is 16.2. The van der Waals surface area contributed by atoms with Crippen LogP contribution in [0.2, 0.25) is 0 Å². The van der Waals surface area contributed by atoms with Crippen molar-refractivity contribution in [3.63, 3.8) is 0 Å². The van der Waals surface area contributed by atoms with Crippen LogP contribution in [0.1, 0.15) is 17.3 Å². The number of anilines is 1. The lowest BCUT2D eigenvalue weighted by molar-refractivity contribution is -0.142. The number of ether oxygens (including phenoxy) is 3. The van der Waals surface area contributed by atoms with Crippen molar-refractivity contribution >= 4 is 23.5 Å². The van der Waals surface area contributed by atoms with Gasteiger partial charge in [-0.3, -0.25) is 14.5 Å². The lowest BCUT2D eigenvalue weighted by Crippen LogP contribution is -2.39. The molecule has 0 radical (unpaired) electrons. The fourth-order valence-corrected chi connectivity index (χ4v) is 2.40. The van der Waals surface area contributed by atoms with Crippen LogP contribution in [0.25, 0.3) is 0 Å². The van der Waals surface area contributed by atoms with Crippen molar-refractivity contribution in [2.75, 3.05) is 31.3 Å². The lowest BCUT2D eigenvalue weighted by Gasteiger charge is -2.21. The number of hydrogen-bond acceptors (Lipinski definition) is 6. The van der Waals surface area contributed by atoms with Crippen LogP contribution in [0.15, 0.2) is 67.3 Å². The molecule has 0 N–H and O–H groups in total. The van der Waals surface area contributed by atoms with Crippen LogP contribution in [0, 0.1) is 0 Å². The summed E-state index contributed by atoms with van der Waals surface area (Å²) >= 11 is 0. The van der Waals surface area contributed by atoms with Gasteiger partial charge in [-0.15, -0.1) is 0 Å². The molecule has 7 nitrogen and oxygen atoms in total. The normalized spacial score (nSPS) is 9.97. The molecule has 0 aromatic heterocycles. The van der Waals surface area contributed by atoms with Crippen LogP contribution >= 0.6 is 0 Å². The molecule has 0 atom stereocenters. The Morgan fingerprint density at radius 2 is 1.69 bits per heavy atom. The van der Waals surface area contributed by atoms with Crippen molar-refractivity contribution in [3.05, 3.63) is 72.8 Å². The minimum absolute atomic E-state index is 0.206. The number of esters is 2. The van der Waals surface area contributed by atoms with Crippen molar-refractivity contribution in [2.24, 2.45) is 0 Å². The first-order valence-corrected chi connectivity index (χ1v) is 9.07. The Hall–Kier alpha value is -3.61. The van der Waals surface area contributed by atoms with Crippen LogP contribution < -0.4 is 9.64 Å². The fraction of sp³-hybridized carbons (Fsp3) is 0.227. The predicted octanol–water partition coefficient (Wildman–Crippen LogP) is 3.00. The Bertz CT molecular complexity index is 832. The van der Waals surface area contributed by atoms with E-state index in [4.69, 9.17) is 14.2 Å². The molecular weight excluding hydrogens is 374 g/mol. The largest absolute Gasteiger partial charge is 0.490 e. The highest BCUT2D eigenvalue weighted by atomic mass is 16.5. The van der Waals surface area contributed by atoms with E-state index in [0.29, 0.717) is 18.0 Å². The Balaban J connectivity index is 2.00. The molecule has 29 heavy (non-hydrogen) atoms. The summed E-state index contributed by atoms with van der Waals surface area (Å²) in [5.41, 5.74) is 0.783. The van der Waals surface area contributed by atoms with Gasteiger partial charge in [-0.2, -0.15) is 0 Å². The molecule has 0 saturated carbocycles. The van der Waals surface area contributed by atoms with E-state index < -0.39 is 24.5 Å². The highest BCUT2D eigenvalue weighted by Crippen LogP contribution is 2.15. The van der Waals surface area contributed by atoms with Crippen LogP contribution in [-0.2, 0) is 19.1 Å². The van der Waals surface area contributed by atoms with Crippen molar-refractivity contribution in [3.8, 4) is 5.75 Å². The molecule has 7 heteroatoms. The average Bonchev–Trinajstić information content (AvgIpc) is 2.75. The van der Waals surface area contributed by atoms with Gasteiger partial charge in [0.2, 0.25) is 0 Å². The van der Waals surface area contributed by atoms with Crippen LogP contribution in [0.3, 0.4) is 0 Å². The zero-order valence-electron chi connectivity index (χ0n) is 16.2.